The van der Waals surface area contributed by atoms with Gasteiger partial charge in [0.15, 0.2) is 10.9 Å². The number of hydrogen-bond acceptors (Lipinski definition) is 7. The van der Waals surface area contributed by atoms with E-state index in [0.29, 0.717) is 21.5 Å². The first-order valence-corrected chi connectivity index (χ1v) is 11.1. The zero-order valence-corrected chi connectivity index (χ0v) is 18.1. The number of ketones is 1. The Bertz CT molecular complexity index is 1200. The van der Waals surface area contributed by atoms with Gasteiger partial charge in [0, 0.05) is 18.2 Å². The van der Waals surface area contributed by atoms with Crippen LogP contribution in [0.15, 0.2) is 53.4 Å². The predicted molar refractivity (Wildman–Crippen MR) is 115 cm³/mol. The molecule has 0 bridgehead atoms. The highest BCUT2D eigenvalue weighted by Crippen LogP contribution is 2.24. The number of rotatable bonds is 7. The maximum Gasteiger partial charge on any atom is 0.261 e. The van der Waals surface area contributed by atoms with Crippen molar-refractivity contribution in [2.75, 3.05) is 17.1 Å². The maximum atomic E-state index is 12.6. The number of ether oxygens (including phenoxy) is 1. The van der Waals surface area contributed by atoms with Crippen LogP contribution in [0.3, 0.4) is 0 Å². The van der Waals surface area contributed by atoms with Gasteiger partial charge in [-0.2, -0.15) is 0 Å². The molecule has 0 spiro atoms. The van der Waals surface area contributed by atoms with Crippen molar-refractivity contribution in [3.63, 3.8) is 0 Å². The number of hydrogen-bond donors (Lipinski definition) is 2. The number of carbonyl (C=O) groups is 2. The lowest BCUT2D eigenvalue weighted by atomic mass is 10.2. The van der Waals surface area contributed by atoms with E-state index in [2.05, 4.69) is 15.0 Å². The van der Waals surface area contributed by atoms with Crippen molar-refractivity contribution in [1.29, 1.82) is 0 Å². The highest BCUT2D eigenvalue weighted by molar-refractivity contribution is 7.92. The van der Waals surface area contributed by atoms with Crippen molar-refractivity contribution in [2.45, 2.75) is 18.7 Å². The summed E-state index contributed by atoms with van der Waals surface area (Å²) in [5.74, 6) is -0.0530. The summed E-state index contributed by atoms with van der Waals surface area (Å²) < 4.78 is 32.7. The summed E-state index contributed by atoms with van der Waals surface area (Å²) in [5.41, 5.74) is 1.02. The molecule has 0 aliphatic heterocycles. The molecule has 30 heavy (non-hydrogen) atoms. The number of thiazole rings is 1. The van der Waals surface area contributed by atoms with Crippen molar-refractivity contribution in [2.24, 2.45) is 0 Å². The smallest absolute Gasteiger partial charge is 0.261 e. The van der Waals surface area contributed by atoms with Crippen LogP contribution in [0.2, 0.25) is 0 Å². The number of nitrogens with zero attached hydrogens (tertiary/aromatic N) is 1. The quantitative estimate of drug-likeness (QED) is 0.536. The van der Waals surface area contributed by atoms with E-state index in [1.54, 1.807) is 37.3 Å². The van der Waals surface area contributed by atoms with Gasteiger partial charge in [-0.1, -0.05) is 17.4 Å². The SMILES string of the molecule is COc1ccc(S(=O)(=O)Nc2cccc(C(=O)Nc3nc(C)c(C(C)=O)s3)c2)cc1. The maximum absolute atomic E-state index is 12.6. The van der Waals surface area contributed by atoms with Crippen LogP contribution >= 0.6 is 11.3 Å². The normalized spacial score (nSPS) is 11.0. The predicted octanol–water partition coefficient (Wildman–Crippen LogP) is 3.72. The molecule has 10 heteroatoms. The first-order valence-electron chi connectivity index (χ1n) is 8.76. The number of benzene rings is 2. The van der Waals surface area contributed by atoms with E-state index < -0.39 is 15.9 Å². The molecule has 0 atom stereocenters. The van der Waals surface area contributed by atoms with Crippen LogP contribution in [0.4, 0.5) is 10.8 Å². The average Bonchev–Trinajstić information content (AvgIpc) is 3.08. The Morgan fingerprint density at radius 2 is 1.80 bits per heavy atom. The molecule has 0 aliphatic rings. The molecule has 0 radical (unpaired) electrons. The zero-order chi connectivity index (χ0) is 21.9. The lowest BCUT2D eigenvalue weighted by Gasteiger charge is -2.10. The Labute approximate surface area is 178 Å². The van der Waals surface area contributed by atoms with Gasteiger partial charge in [-0.15, -0.1) is 0 Å². The van der Waals surface area contributed by atoms with Gasteiger partial charge in [-0.05, 0) is 49.4 Å². The minimum atomic E-state index is -3.84. The van der Waals surface area contributed by atoms with Crippen molar-refractivity contribution in [3.05, 3.63) is 64.7 Å². The molecule has 0 fully saturated rings. The number of sulfonamides is 1. The van der Waals surface area contributed by atoms with Crippen molar-refractivity contribution in [1.82, 2.24) is 4.98 Å². The van der Waals surface area contributed by atoms with Crippen LogP contribution in [0.25, 0.3) is 0 Å². The van der Waals surface area contributed by atoms with Gasteiger partial charge in [-0.25, -0.2) is 13.4 Å². The Balaban J connectivity index is 1.77. The summed E-state index contributed by atoms with van der Waals surface area (Å²) in [4.78, 5) is 28.8. The molecule has 2 aromatic carbocycles. The summed E-state index contributed by atoms with van der Waals surface area (Å²) in [5, 5.41) is 2.93. The number of nitrogens with one attached hydrogen (secondary N) is 2. The number of aromatic nitrogens is 1. The highest BCUT2D eigenvalue weighted by atomic mass is 32.2. The number of amides is 1. The summed E-state index contributed by atoms with van der Waals surface area (Å²) in [6, 6.07) is 12.0. The Morgan fingerprint density at radius 3 is 2.40 bits per heavy atom. The van der Waals surface area contributed by atoms with E-state index in [-0.39, 0.29) is 21.9 Å². The molecule has 0 saturated heterocycles. The zero-order valence-electron chi connectivity index (χ0n) is 16.4. The van der Waals surface area contributed by atoms with Crippen LogP contribution in [0, 0.1) is 6.92 Å². The van der Waals surface area contributed by atoms with E-state index in [1.165, 1.54) is 32.2 Å². The number of anilines is 2. The molecule has 1 aromatic heterocycles. The summed E-state index contributed by atoms with van der Waals surface area (Å²) in [6.07, 6.45) is 0. The fourth-order valence-corrected chi connectivity index (χ4v) is 4.54. The number of carbonyl (C=O) groups excluding carboxylic acids is 2. The van der Waals surface area contributed by atoms with Crippen molar-refractivity contribution in [3.8, 4) is 5.75 Å². The minimum absolute atomic E-state index is 0.0631. The van der Waals surface area contributed by atoms with E-state index >= 15 is 0 Å². The van der Waals surface area contributed by atoms with Gasteiger partial charge in [0.05, 0.1) is 22.6 Å². The lowest BCUT2D eigenvalue weighted by molar-refractivity contribution is 0.101. The van der Waals surface area contributed by atoms with Crippen molar-refractivity contribution < 1.29 is 22.7 Å². The van der Waals surface area contributed by atoms with Gasteiger partial charge in [-0.3, -0.25) is 19.6 Å². The number of Topliss-reactive ketones (excluding diaryl/α,β-unsaturated/α-hetero) is 1. The third-order valence-corrected chi connectivity index (χ3v) is 6.65. The second-order valence-corrected chi connectivity index (χ2v) is 8.99. The summed E-state index contributed by atoms with van der Waals surface area (Å²) in [7, 11) is -2.34. The first kappa shape index (κ1) is 21.5. The molecule has 156 valence electrons. The van der Waals surface area contributed by atoms with Crippen LogP contribution < -0.4 is 14.8 Å². The van der Waals surface area contributed by atoms with Gasteiger partial charge in [0.2, 0.25) is 0 Å². The van der Waals surface area contributed by atoms with E-state index in [9.17, 15) is 18.0 Å². The Kier molecular flexibility index (Phi) is 6.18. The topological polar surface area (TPSA) is 114 Å². The molecular formula is C20H19N3O5S2. The van der Waals surface area contributed by atoms with E-state index in [1.807, 2.05) is 0 Å². The molecule has 1 amide bonds. The van der Waals surface area contributed by atoms with Crippen LogP contribution in [-0.4, -0.2) is 32.2 Å². The minimum Gasteiger partial charge on any atom is -0.497 e. The fourth-order valence-electron chi connectivity index (χ4n) is 2.64. The number of aryl methyl sites for hydroxylation is 1. The van der Waals surface area contributed by atoms with Crippen LogP contribution in [0.1, 0.15) is 32.6 Å². The van der Waals surface area contributed by atoms with E-state index in [4.69, 9.17) is 4.74 Å². The molecule has 1 heterocycles. The Hall–Kier alpha value is -3.24. The van der Waals surface area contributed by atoms with Crippen molar-refractivity contribution >= 4 is 43.9 Å². The molecule has 3 rings (SSSR count). The summed E-state index contributed by atoms with van der Waals surface area (Å²) in [6.45, 7) is 3.13. The highest BCUT2D eigenvalue weighted by Gasteiger charge is 2.17. The van der Waals surface area contributed by atoms with Gasteiger partial charge in [0.25, 0.3) is 15.9 Å². The molecule has 8 nitrogen and oxygen atoms in total. The van der Waals surface area contributed by atoms with Gasteiger partial charge >= 0.3 is 0 Å². The average molecular weight is 446 g/mol. The van der Waals surface area contributed by atoms with Gasteiger partial charge in [0.1, 0.15) is 5.75 Å². The largest absolute Gasteiger partial charge is 0.497 e. The molecule has 0 saturated carbocycles. The van der Waals surface area contributed by atoms with Crippen LogP contribution in [0.5, 0.6) is 5.75 Å². The molecule has 3 aromatic rings. The second kappa shape index (κ2) is 8.64. The third-order valence-electron chi connectivity index (χ3n) is 4.08. The standard InChI is InChI=1S/C20H19N3O5S2/c1-12-18(13(2)24)29-20(21-12)22-19(25)14-5-4-6-15(11-14)23-30(26,27)17-9-7-16(28-3)8-10-17/h4-11,23H,1-3H3,(H,21,22,25). The lowest BCUT2D eigenvalue weighted by Crippen LogP contribution is -2.15. The molecular weight excluding hydrogens is 426 g/mol. The number of methoxy groups -OCH3 is 1. The molecule has 0 unspecified atom stereocenters. The first-order chi connectivity index (χ1) is 14.2. The summed E-state index contributed by atoms with van der Waals surface area (Å²) >= 11 is 1.09. The van der Waals surface area contributed by atoms with Gasteiger partial charge < -0.3 is 4.74 Å². The molecule has 2 N–H and O–H groups in total. The Morgan fingerprint density at radius 1 is 1.10 bits per heavy atom. The monoisotopic (exact) mass is 445 g/mol. The fraction of sp³-hybridized carbons (Fsp3) is 0.150. The van der Waals surface area contributed by atoms with Crippen LogP contribution in [-0.2, 0) is 10.0 Å². The van der Waals surface area contributed by atoms with E-state index in [0.717, 1.165) is 11.3 Å². The molecule has 0 aliphatic carbocycles. The third kappa shape index (κ3) is 4.84. The second-order valence-electron chi connectivity index (χ2n) is 6.31.